The highest BCUT2D eigenvalue weighted by atomic mass is 35.5. The van der Waals surface area contributed by atoms with Crippen LogP contribution in [0.5, 0.6) is 0 Å². The standard InChI is InChI=1S/C34H37ClN4O/c1-24-13-15-26(16-14-24)33-32(27-17-19-28(35)20-18-27)37-30-22-25(2)23-39(34(30)38-33)21-9-4-3-8-12-31(40)36-29-10-6-5-7-11-29/h5-7,10-11,13-20,25H,3-4,8-9,12,21-23H2,1-2H3,(H,36,40). The van der Waals surface area contributed by atoms with Crippen molar-refractivity contribution in [2.45, 2.75) is 52.4 Å². The van der Waals surface area contributed by atoms with Crippen molar-refractivity contribution in [3.05, 3.63) is 95.1 Å². The van der Waals surface area contributed by atoms with Crippen LogP contribution in [0.2, 0.25) is 5.02 Å². The zero-order valence-electron chi connectivity index (χ0n) is 23.4. The lowest BCUT2D eigenvalue weighted by Crippen LogP contribution is -2.36. The molecular weight excluding hydrogens is 516 g/mol. The molecule has 40 heavy (non-hydrogen) atoms. The Bertz CT molecular complexity index is 1420. The summed E-state index contributed by atoms with van der Waals surface area (Å²) in [5.74, 6) is 1.60. The van der Waals surface area contributed by atoms with Gasteiger partial charge in [0.1, 0.15) is 0 Å². The number of anilines is 2. The van der Waals surface area contributed by atoms with Crippen molar-refractivity contribution in [1.82, 2.24) is 9.97 Å². The van der Waals surface area contributed by atoms with E-state index in [0.717, 1.165) is 84.9 Å². The molecule has 0 saturated carbocycles. The van der Waals surface area contributed by atoms with E-state index in [4.69, 9.17) is 21.6 Å². The van der Waals surface area contributed by atoms with Gasteiger partial charge in [0.15, 0.2) is 5.82 Å². The van der Waals surface area contributed by atoms with Crippen molar-refractivity contribution < 1.29 is 4.79 Å². The summed E-state index contributed by atoms with van der Waals surface area (Å²) in [6.07, 6.45) is 5.55. The van der Waals surface area contributed by atoms with Crippen LogP contribution in [-0.4, -0.2) is 29.0 Å². The minimum atomic E-state index is 0.0837. The summed E-state index contributed by atoms with van der Waals surface area (Å²) in [5, 5.41) is 3.68. The first-order valence-electron chi connectivity index (χ1n) is 14.3. The molecule has 0 saturated heterocycles. The number of hydrogen-bond acceptors (Lipinski definition) is 4. The average molecular weight is 553 g/mol. The van der Waals surface area contributed by atoms with E-state index in [1.54, 1.807) is 0 Å². The van der Waals surface area contributed by atoms with E-state index in [0.29, 0.717) is 17.4 Å². The number of benzene rings is 3. The molecule has 5 nitrogen and oxygen atoms in total. The lowest BCUT2D eigenvalue weighted by Gasteiger charge is -2.34. The number of halogens is 1. The van der Waals surface area contributed by atoms with Crippen LogP contribution in [0.4, 0.5) is 11.5 Å². The molecule has 1 aromatic heterocycles. The number of aryl methyl sites for hydroxylation is 1. The number of fused-ring (bicyclic) bond motifs is 1. The fourth-order valence-corrected chi connectivity index (χ4v) is 5.44. The van der Waals surface area contributed by atoms with Gasteiger partial charge < -0.3 is 10.2 Å². The summed E-state index contributed by atoms with van der Waals surface area (Å²) in [4.78, 5) is 25.2. The molecule has 1 amide bonds. The van der Waals surface area contributed by atoms with Crippen molar-refractivity contribution in [3.8, 4) is 22.5 Å². The Morgan fingerprint density at radius 3 is 2.25 bits per heavy atom. The maximum Gasteiger partial charge on any atom is 0.224 e. The molecule has 1 aliphatic heterocycles. The summed E-state index contributed by atoms with van der Waals surface area (Å²) in [5.41, 5.74) is 7.05. The molecule has 2 heterocycles. The van der Waals surface area contributed by atoms with E-state index in [2.05, 4.69) is 48.3 Å². The fraction of sp³-hybridized carbons (Fsp3) is 0.324. The Morgan fingerprint density at radius 1 is 0.875 bits per heavy atom. The molecular formula is C34H37ClN4O. The molecule has 0 radical (unpaired) electrons. The maximum absolute atomic E-state index is 12.2. The topological polar surface area (TPSA) is 58.1 Å². The molecule has 3 aromatic carbocycles. The minimum absolute atomic E-state index is 0.0837. The van der Waals surface area contributed by atoms with Crippen molar-refractivity contribution in [3.63, 3.8) is 0 Å². The second-order valence-corrected chi connectivity index (χ2v) is 11.3. The molecule has 0 spiro atoms. The van der Waals surface area contributed by atoms with E-state index in [1.165, 1.54) is 5.56 Å². The SMILES string of the molecule is Cc1ccc(-c2nc3c(nc2-c2ccc(Cl)cc2)CC(C)CN3CCCCCCC(=O)Nc2ccccc2)cc1. The van der Waals surface area contributed by atoms with E-state index < -0.39 is 0 Å². The predicted molar refractivity (Wildman–Crippen MR) is 166 cm³/mol. The van der Waals surface area contributed by atoms with Crippen LogP contribution in [0, 0.1) is 12.8 Å². The number of carbonyl (C=O) groups excluding carboxylic acids is 1. The second kappa shape index (κ2) is 13.1. The Kier molecular flexibility index (Phi) is 9.12. The van der Waals surface area contributed by atoms with Gasteiger partial charge in [-0.2, -0.15) is 0 Å². The Labute approximate surface area is 242 Å². The van der Waals surface area contributed by atoms with Crippen LogP contribution in [0.15, 0.2) is 78.9 Å². The number of para-hydroxylation sites is 1. The molecule has 1 atom stereocenters. The zero-order valence-corrected chi connectivity index (χ0v) is 24.1. The third kappa shape index (κ3) is 7.08. The molecule has 0 fully saturated rings. The van der Waals surface area contributed by atoms with Gasteiger partial charge in [-0.3, -0.25) is 4.79 Å². The van der Waals surface area contributed by atoms with Gasteiger partial charge in [0.05, 0.1) is 17.1 Å². The normalized spacial score (nSPS) is 14.6. The smallest absolute Gasteiger partial charge is 0.224 e. The fourth-order valence-electron chi connectivity index (χ4n) is 5.31. The monoisotopic (exact) mass is 552 g/mol. The average Bonchev–Trinajstić information content (AvgIpc) is 2.95. The first kappa shape index (κ1) is 27.9. The highest BCUT2D eigenvalue weighted by Crippen LogP contribution is 2.36. The zero-order chi connectivity index (χ0) is 27.9. The van der Waals surface area contributed by atoms with Gasteiger partial charge in [-0.15, -0.1) is 0 Å². The molecule has 0 bridgehead atoms. The van der Waals surface area contributed by atoms with Crippen LogP contribution >= 0.6 is 11.6 Å². The van der Waals surface area contributed by atoms with Gasteiger partial charge in [0, 0.05) is 41.3 Å². The van der Waals surface area contributed by atoms with E-state index in [9.17, 15) is 4.79 Å². The Balaban J connectivity index is 1.27. The second-order valence-electron chi connectivity index (χ2n) is 10.9. The van der Waals surface area contributed by atoms with E-state index in [1.807, 2.05) is 54.6 Å². The van der Waals surface area contributed by atoms with Crippen LogP contribution in [0.1, 0.15) is 50.3 Å². The van der Waals surface area contributed by atoms with Crippen LogP contribution < -0.4 is 10.2 Å². The number of hydrogen-bond donors (Lipinski definition) is 1. The van der Waals surface area contributed by atoms with Crippen LogP contribution in [-0.2, 0) is 11.2 Å². The molecule has 5 rings (SSSR count). The van der Waals surface area contributed by atoms with Crippen molar-refractivity contribution in [2.75, 3.05) is 23.3 Å². The lowest BCUT2D eigenvalue weighted by molar-refractivity contribution is -0.116. The number of nitrogens with zero attached hydrogens (tertiary/aromatic N) is 3. The summed E-state index contributed by atoms with van der Waals surface area (Å²) in [7, 11) is 0. The molecule has 1 unspecified atom stereocenters. The number of unbranched alkanes of at least 4 members (excludes halogenated alkanes) is 3. The highest BCUT2D eigenvalue weighted by molar-refractivity contribution is 6.30. The lowest BCUT2D eigenvalue weighted by atomic mass is 9.97. The molecule has 206 valence electrons. The molecule has 1 N–H and O–H groups in total. The number of nitrogens with one attached hydrogen (secondary N) is 1. The third-order valence-corrected chi connectivity index (χ3v) is 7.65. The van der Waals surface area contributed by atoms with Gasteiger partial charge in [0.2, 0.25) is 5.91 Å². The number of rotatable bonds is 10. The number of aromatic nitrogens is 2. The van der Waals surface area contributed by atoms with Crippen molar-refractivity contribution in [1.29, 1.82) is 0 Å². The summed E-state index contributed by atoms with van der Waals surface area (Å²) >= 11 is 6.19. The van der Waals surface area contributed by atoms with Gasteiger partial charge in [-0.1, -0.05) is 91.5 Å². The van der Waals surface area contributed by atoms with Crippen molar-refractivity contribution >= 4 is 29.0 Å². The summed E-state index contributed by atoms with van der Waals surface area (Å²) in [6.45, 7) is 6.31. The molecule has 6 heteroatoms. The van der Waals surface area contributed by atoms with Crippen molar-refractivity contribution in [2.24, 2.45) is 5.92 Å². The maximum atomic E-state index is 12.2. The largest absolute Gasteiger partial charge is 0.355 e. The minimum Gasteiger partial charge on any atom is -0.355 e. The highest BCUT2D eigenvalue weighted by Gasteiger charge is 2.27. The Morgan fingerprint density at radius 2 is 1.52 bits per heavy atom. The predicted octanol–water partition coefficient (Wildman–Crippen LogP) is 8.36. The number of carbonyl (C=O) groups is 1. The number of amides is 1. The first-order chi connectivity index (χ1) is 19.5. The van der Waals surface area contributed by atoms with Gasteiger partial charge in [-0.25, -0.2) is 9.97 Å². The first-order valence-corrected chi connectivity index (χ1v) is 14.7. The molecule has 1 aliphatic rings. The van der Waals surface area contributed by atoms with Crippen LogP contribution in [0.3, 0.4) is 0 Å². The van der Waals surface area contributed by atoms with Gasteiger partial charge in [0.25, 0.3) is 0 Å². The summed E-state index contributed by atoms with van der Waals surface area (Å²) in [6, 6.07) is 26.1. The van der Waals surface area contributed by atoms with Gasteiger partial charge in [-0.05, 0) is 56.4 Å². The van der Waals surface area contributed by atoms with E-state index in [-0.39, 0.29) is 5.91 Å². The molecule has 0 aliphatic carbocycles. The quantitative estimate of drug-likeness (QED) is 0.201. The summed E-state index contributed by atoms with van der Waals surface area (Å²) < 4.78 is 0. The Hall–Kier alpha value is -3.70. The van der Waals surface area contributed by atoms with Crippen LogP contribution in [0.25, 0.3) is 22.5 Å². The van der Waals surface area contributed by atoms with E-state index >= 15 is 0 Å². The van der Waals surface area contributed by atoms with Gasteiger partial charge >= 0.3 is 0 Å². The third-order valence-electron chi connectivity index (χ3n) is 7.40. The molecule has 4 aromatic rings.